The van der Waals surface area contributed by atoms with Crippen LogP contribution in [0.2, 0.25) is 0 Å². The van der Waals surface area contributed by atoms with Crippen LogP contribution in [0, 0.1) is 6.92 Å². The molecule has 2 rings (SSSR count). The highest BCUT2D eigenvalue weighted by atomic mass is 79.9. The van der Waals surface area contributed by atoms with E-state index in [0.29, 0.717) is 11.3 Å². The summed E-state index contributed by atoms with van der Waals surface area (Å²) in [5, 5.41) is 13.4. The lowest BCUT2D eigenvalue weighted by Crippen LogP contribution is -2.24. The van der Waals surface area contributed by atoms with Gasteiger partial charge in [-0.05, 0) is 42.8 Å². The van der Waals surface area contributed by atoms with Gasteiger partial charge in [0.05, 0.1) is 6.21 Å². The fourth-order valence-electron chi connectivity index (χ4n) is 1.69. The van der Waals surface area contributed by atoms with Gasteiger partial charge in [0, 0.05) is 10.0 Å². The Morgan fingerprint density at radius 3 is 2.95 bits per heavy atom. The third-order valence-corrected chi connectivity index (χ3v) is 3.24. The molecule has 0 aromatic heterocycles. The molecule has 0 heterocycles. The van der Waals surface area contributed by atoms with Crippen molar-refractivity contribution < 1.29 is 14.6 Å². The molecule has 1 amide bonds. The molecular weight excluding hydrogens is 348 g/mol. The largest absolute Gasteiger partial charge is 0.507 e. The second-order valence-electron chi connectivity index (χ2n) is 4.60. The Labute approximate surface area is 136 Å². The van der Waals surface area contributed by atoms with E-state index < -0.39 is 0 Å². The number of hydrogen-bond donors (Lipinski definition) is 2. The van der Waals surface area contributed by atoms with Crippen molar-refractivity contribution in [2.24, 2.45) is 5.10 Å². The minimum absolute atomic E-state index is 0.0807. The number of aromatic hydroxyl groups is 1. The van der Waals surface area contributed by atoms with Crippen molar-refractivity contribution in [3.05, 3.63) is 58.1 Å². The van der Waals surface area contributed by atoms with Gasteiger partial charge in [0.25, 0.3) is 5.91 Å². The van der Waals surface area contributed by atoms with Crippen molar-refractivity contribution in [1.82, 2.24) is 5.43 Å². The van der Waals surface area contributed by atoms with Crippen LogP contribution in [0.15, 0.2) is 52.0 Å². The lowest BCUT2D eigenvalue weighted by molar-refractivity contribution is -0.123. The molecule has 0 saturated heterocycles. The lowest BCUT2D eigenvalue weighted by Gasteiger charge is -2.05. The van der Waals surface area contributed by atoms with Gasteiger partial charge in [-0.25, -0.2) is 5.43 Å². The van der Waals surface area contributed by atoms with Crippen LogP contribution >= 0.6 is 15.9 Å². The highest BCUT2D eigenvalue weighted by Gasteiger charge is 2.02. The molecule has 5 nitrogen and oxygen atoms in total. The van der Waals surface area contributed by atoms with Crippen molar-refractivity contribution in [3.8, 4) is 11.5 Å². The minimum atomic E-state index is -0.382. The van der Waals surface area contributed by atoms with Gasteiger partial charge >= 0.3 is 0 Å². The van der Waals surface area contributed by atoms with Crippen LogP contribution in [0.25, 0.3) is 0 Å². The summed E-state index contributed by atoms with van der Waals surface area (Å²) in [6.45, 7) is 1.81. The third-order valence-electron chi connectivity index (χ3n) is 2.74. The number of nitrogens with zero attached hydrogens (tertiary/aromatic N) is 1. The number of halogens is 1. The number of nitrogens with one attached hydrogen (secondary N) is 1. The summed E-state index contributed by atoms with van der Waals surface area (Å²) in [6.07, 6.45) is 1.37. The van der Waals surface area contributed by atoms with Gasteiger partial charge in [-0.3, -0.25) is 4.79 Å². The van der Waals surface area contributed by atoms with E-state index in [1.165, 1.54) is 12.3 Å². The van der Waals surface area contributed by atoms with Crippen molar-refractivity contribution in [1.29, 1.82) is 0 Å². The second kappa shape index (κ2) is 7.61. The van der Waals surface area contributed by atoms with Gasteiger partial charge < -0.3 is 9.84 Å². The molecule has 0 spiro atoms. The van der Waals surface area contributed by atoms with Crippen LogP contribution in [0.1, 0.15) is 11.1 Å². The number of rotatable bonds is 5. The summed E-state index contributed by atoms with van der Waals surface area (Å²) in [5.41, 5.74) is 3.89. The first kappa shape index (κ1) is 16.0. The van der Waals surface area contributed by atoms with E-state index in [0.717, 1.165) is 10.0 Å². The van der Waals surface area contributed by atoms with Crippen LogP contribution in [0.3, 0.4) is 0 Å². The number of aryl methyl sites for hydroxylation is 1. The SMILES string of the molecule is Cc1cccc(OCC(=O)N/N=C/c2cc(Br)ccc2O)c1. The highest BCUT2D eigenvalue weighted by Crippen LogP contribution is 2.19. The van der Waals surface area contributed by atoms with Crippen LogP contribution < -0.4 is 10.2 Å². The molecule has 114 valence electrons. The summed E-state index contributed by atoms with van der Waals surface area (Å²) in [6, 6.07) is 12.4. The molecule has 2 N–H and O–H groups in total. The lowest BCUT2D eigenvalue weighted by atomic mass is 10.2. The Balaban J connectivity index is 1.85. The fraction of sp³-hybridized carbons (Fsp3) is 0.125. The first-order chi connectivity index (χ1) is 10.5. The summed E-state index contributed by atoms with van der Waals surface area (Å²) in [4.78, 5) is 11.6. The molecule has 0 aliphatic heterocycles. The number of benzene rings is 2. The van der Waals surface area contributed by atoms with E-state index in [9.17, 15) is 9.90 Å². The Morgan fingerprint density at radius 2 is 2.18 bits per heavy atom. The number of carbonyl (C=O) groups is 1. The van der Waals surface area contributed by atoms with Crippen LogP contribution in [-0.4, -0.2) is 23.8 Å². The molecule has 0 unspecified atom stereocenters. The third kappa shape index (κ3) is 4.89. The predicted molar refractivity (Wildman–Crippen MR) is 88.2 cm³/mol. The number of carbonyl (C=O) groups excluding carboxylic acids is 1. The van der Waals surface area contributed by atoms with Crippen LogP contribution in [0.4, 0.5) is 0 Å². The first-order valence-corrected chi connectivity index (χ1v) is 7.34. The van der Waals surface area contributed by atoms with Gasteiger partial charge in [-0.15, -0.1) is 0 Å². The number of amides is 1. The van der Waals surface area contributed by atoms with E-state index in [4.69, 9.17) is 4.74 Å². The number of phenols is 1. The first-order valence-electron chi connectivity index (χ1n) is 6.54. The minimum Gasteiger partial charge on any atom is -0.507 e. The van der Waals surface area contributed by atoms with E-state index >= 15 is 0 Å². The zero-order valence-corrected chi connectivity index (χ0v) is 13.5. The summed E-state index contributed by atoms with van der Waals surface area (Å²) < 4.78 is 6.16. The maximum absolute atomic E-state index is 11.6. The van der Waals surface area contributed by atoms with Crippen molar-refractivity contribution >= 4 is 28.1 Å². The zero-order valence-electron chi connectivity index (χ0n) is 11.9. The van der Waals surface area contributed by atoms with E-state index in [2.05, 4.69) is 26.5 Å². The summed E-state index contributed by atoms with van der Waals surface area (Å²) >= 11 is 3.29. The molecule has 0 bridgehead atoms. The van der Waals surface area contributed by atoms with Crippen molar-refractivity contribution in [3.63, 3.8) is 0 Å². The molecule has 22 heavy (non-hydrogen) atoms. The highest BCUT2D eigenvalue weighted by molar-refractivity contribution is 9.10. The van der Waals surface area contributed by atoms with E-state index in [-0.39, 0.29) is 18.3 Å². The van der Waals surface area contributed by atoms with Crippen LogP contribution in [-0.2, 0) is 4.79 Å². The maximum atomic E-state index is 11.6. The molecule has 0 atom stereocenters. The number of ether oxygens (including phenoxy) is 1. The molecule has 2 aromatic carbocycles. The number of phenolic OH excluding ortho intramolecular Hbond substituents is 1. The quantitative estimate of drug-likeness (QED) is 0.634. The Hall–Kier alpha value is -2.34. The summed E-state index contributed by atoms with van der Waals surface area (Å²) in [7, 11) is 0. The molecule has 0 saturated carbocycles. The number of hydrazone groups is 1. The van der Waals surface area contributed by atoms with E-state index in [1.54, 1.807) is 18.2 Å². The second-order valence-corrected chi connectivity index (χ2v) is 5.52. The summed E-state index contributed by atoms with van der Waals surface area (Å²) in [5.74, 6) is 0.327. The maximum Gasteiger partial charge on any atom is 0.277 e. The molecule has 6 heteroatoms. The van der Waals surface area contributed by atoms with Gasteiger partial charge in [0.2, 0.25) is 0 Å². The van der Waals surface area contributed by atoms with E-state index in [1.807, 2.05) is 25.1 Å². The molecular formula is C16H15BrN2O3. The number of hydrogen-bond acceptors (Lipinski definition) is 4. The molecule has 0 aliphatic rings. The molecule has 0 radical (unpaired) electrons. The van der Waals surface area contributed by atoms with Crippen molar-refractivity contribution in [2.45, 2.75) is 6.92 Å². The molecule has 0 aliphatic carbocycles. The smallest absolute Gasteiger partial charge is 0.277 e. The van der Waals surface area contributed by atoms with Gasteiger partial charge in [-0.1, -0.05) is 28.1 Å². The normalized spacial score (nSPS) is 10.6. The monoisotopic (exact) mass is 362 g/mol. The van der Waals surface area contributed by atoms with Gasteiger partial charge in [0.15, 0.2) is 6.61 Å². The molecule has 2 aromatic rings. The Bertz CT molecular complexity index is 702. The van der Waals surface area contributed by atoms with Crippen LogP contribution in [0.5, 0.6) is 11.5 Å². The standard InChI is InChI=1S/C16H15BrN2O3/c1-11-3-2-4-14(7-11)22-10-16(21)19-18-9-12-8-13(17)5-6-15(12)20/h2-9,20H,10H2,1H3,(H,19,21)/b18-9+. The van der Waals surface area contributed by atoms with Crippen molar-refractivity contribution in [2.75, 3.05) is 6.61 Å². The average molecular weight is 363 g/mol. The topological polar surface area (TPSA) is 70.9 Å². The Morgan fingerprint density at radius 1 is 1.36 bits per heavy atom. The average Bonchev–Trinajstić information content (AvgIpc) is 2.49. The fourth-order valence-corrected chi connectivity index (χ4v) is 2.07. The zero-order chi connectivity index (χ0) is 15.9. The predicted octanol–water partition coefficient (Wildman–Crippen LogP) is 2.99. The molecule has 0 fully saturated rings. The van der Waals surface area contributed by atoms with Gasteiger partial charge in [-0.2, -0.15) is 5.10 Å². The van der Waals surface area contributed by atoms with Gasteiger partial charge in [0.1, 0.15) is 11.5 Å². The Kier molecular flexibility index (Phi) is 5.55.